The van der Waals surface area contributed by atoms with Crippen molar-refractivity contribution >= 4 is 11.8 Å². The van der Waals surface area contributed by atoms with E-state index >= 15 is 0 Å². The highest BCUT2D eigenvalue weighted by molar-refractivity contribution is 5.98. The van der Waals surface area contributed by atoms with Gasteiger partial charge in [0, 0.05) is 13.1 Å². The van der Waals surface area contributed by atoms with Crippen LogP contribution in [0.15, 0.2) is 36.4 Å². The van der Waals surface area contributed by atoms with Crippen molar-refractivity contribution in [3.8, 4) is 0 Å². The maximum absolute atomic E-state index is 13.6. The van der Waals surface area contributed by atoms with Crippen molar-refractivity contribution in [2.75, 3.05) is 7.05 Å². The van der Waals surface area contributed by atoms with E-state index in [-0.39, 0.29) is 5.56 Å². The average molecular weight is 340 g/mol. The van der Waals surface area contributed by atoms with Gasteiger partial charge >= 0.3 is 0 Å². The van der Waals surface area contributed by atoms with E-state index in [0.29, 0.717) is 6.07 Å². The first-order valence-electron chi connectivity index (χ1n) is 6.76. The fourth-order valence-electron chi connectivity index (χ4n) is 2.02. The zero-order valence-corrected chi connectivity index (χ0v) is 12.4. The van der Waals surface area contributed by atoms with Gasteiger partial charge in [-0.15, -0.1) is 0 Å². The molecule has 1 atom stereocenters. The molecule has 0 spiro atoms. The van der Waals surface area contributed by atoms with Crippen LogP contribution in [0.3, 0.4) is 0 Å². The fraction of sp³-hybridized carbons (Fsp3) is 0.125. The van der Waals surface area contributed by atoms with Crippen LogP contribution in [0.25, 0.3) is 0 Å². The molecule has 0 radical (unpaired) electrons. The van der Waals surface area contributed by atoms with E-state index in [9.17, 15) is 27.2 Å². The molecule has 0 aliphatic rings. The molecule has 0 heterocycles. The van der Waals surface area contributed by atoms with E-state index in [1.807, 2.05) is 0 Å². The molecule has 4 nitrogen and oxygen atoms in total. The molecule has 0 aliphatic heterocycles. The highest BCUT2D eigenvalue weighted by atomic mass is 19.2. The van der Waals surface area contributed by atoms with E-state index in [4.69, 9.17) is 0 Å². The maximum Gasteiger partial charge on any atom is 0.255 e. The molecule has 0 bridgehead atoms. The number of amides is 2. The lowest BCUT2D eigenvalue weighted by Gasteiger charge is -2.18. The molecular formula is C16H12F4N2O2. The van der Waals surface area contributed by atoms with Crippen molar-refractivity contribution in [2.45, 2.75) is 6.04 Å². The Morgan fingerprint density at radius 2 is 1.62 bits per heavy atom. The predicted octanol–water partition coefficient (Wildman–Crippen LogP) is 2.46. The molecule has 1 unspecified atom stereocenters. The van der Waals surface area contributed by atoms with Crippen LogP contribution in [-0.2, 0) is 4.79 Å². The highest BCUT2D eigenvalue weighted by Gasteiger charge is 2.25. The molecule has 0 aliphatic carbocycles. The summed E-state index contributed by atoms with van der Waals surface area (Å²) in [6.07, 6.45) is 0. The van der Waals surface area contributed by atoms with Crippen LogP contribution in [0.2, 0.25) is 0 Å². The quantitative estimate of drug-likeness (QED) is 0.840. The van der Waals surface area contributed by atoms with E-state index < -0.39 is 46.7 Å². The second-order valence-corrected chi connectivity index (χ2v) is 4.82. The van der Waals surface area contributed by atoms with Gasteiger partial charge in [0.2, 0.25) is 5.91 Å². The van der Waals surface area contributed by atoms with Crippen LogP contribution in [0.5, 0.6) is 0 Å². The van der Waals surface area contributed by atoms with Crippen molar-refractivity contribution in [2.24, 2.45) is 0 Å². The van der Waals surface area contributed by atoms with E-state index in [1.54, 1.807) is 0 Å². The van der Waals surface area contributed by atoms with Crippen LogP contribution >= 0.6 is 0 Å². The van der Waals surface area contributed by atoms with Crippen LogP contribution in [0, 0.1) is 23.3 Å². The Kier molecular flexibility index (Phi) is 5.18. The number of carbonyl (C=O) groups excluding carboxylic acids is 2. The van der Waals surface area contributed by atoms with Gasteiger partial charge in [-0.25, -0.2) is 17.6 Å². The summed E-state index contributed by atoms with van der Waals surface area (Å²) in [4.78, 5) is 24.0. The van der Waals surface area contributed by atoms with Crippen molar-refractivity contribution < 1.29 is 27.2 Å². The zero-order chi connectivity index (χ0) is 17.9. The number of hydrogen-bond acceptors (Lipinski definition) is 2. The van der Waals surface area contributed by atoms with Gasteiger partial charge in [0.05, 0.1) is 5.56 Å². The van der Waals surface area contributed by atoms with E-state index in [0.717, 1.165) is 30.3 Å². The number of benzene rings is 2. The van der Waals surface area contributed by atoms with Crippen molar-refractivity contribution in [3.05, 3.63) is 70.8 Å². The largest absolute Gasteiger partial charge is 0.357 e. The van der Waals surface area contributed by atoms with Gasteiger partial charge in [-0.3, -0.25) is 9.59 Å². The molecule has 126 valence electrons. The summed E-state index contributed by atoms with van der Waals surface area (Å²) in [5.74, 6) is -6.04. The molecular weight excluding hydrogens is 328 g/mol. The highest BCUT2D eigenvalue weighted by Crippen LogP contribution is 2.18. The summed E-state index contributed by atoms with van der Waals surface area (Å²) < 4.78 is 52.9. The summed E-state index contributed by atoms with van der Waals surface area (Å²) in [6, 6.07) is 3.57. The Bertz CT molecular complexity index is 796. The van der Waals surface area contributed by atoms with E-state index in [1.165, 1.54) is 7.05 Å². The van der Waals surface area contributed by atoms with Crippen LogP contribution in [-0.4, -0.2) is 18.9 Å². The summed E-state index contributed by atoms with van der Waals surface area (Å²) in [7, 11) is 1.28. The minimum Gasteiger partial charge on any atom is -0.357 e. The zero-order valence-electron chi connectivity index (χ0n) is 12.4. The molecule has 24 heavy (non-hydrogen) atoms. The second-order valence-electron chi connectivity index (χ2n) is 4.82. The van der Waals surface area contributed by atoms with Gasteiger partial charge in [-0.2, -0.15) is 0 Å². The van der Waals surface area contributed by atoms with Crippen LogP contribution < -0.4 is 10.6 Å². The fourth-order valence-corrected chi connectivity index (χ4v) is 2.02. The Morgan fingerprint density at radius 3 is 2.21 bits per heavy atom. The van der Waals surface area contributed by atoms with Crippen LogP contribution in [0.1, 0.15) is 22.0 Å². The standard InChI is InChI=1S/C16H12F4N2O2/c1-21-16(24)14(8-2-5-11(18)13(20)6-8)22-15(23)10-4-3-9(17)7-12(10)19/h2-7,14H,1H3,(H,21,24)(H,22,23). The summed E-state index contributed by atoms with van der Waals surface area (Å²) in [5.41, 5.74) is -0.531. The molecule has 0 saturated carbocycles. The summed E-state index contributed by atoms with van der Waals surface area (Å²) in [5, 5.41) is 4.46. The first-order valence-corrected chi connectivity index (χ1v) is 6.76. The van der Waals surface area contributed by atoms with Gasteiger partial charge in [0.1, 0.15) is 17.7 Å². The molecule has 8 heteroatoms. The molecule has 2 aromatic rings. The molecule has 2 aromatic carbocycles. The van der Waals surface area contributed by atoms with Gasteiger partial charge in [-0.05, 0) is 29.8 Å². The SMILES string of the molecule is CNC(=O)C(NC(=O)c1ccc(F)cc1F)c1ccc(F)c(F)c1. The predicted molar refractivity (Wildman–Crippen MR) is 77.0 cm³/mol. The number of carbonyl (C=O) groups is 2. The smallest absolute Gasteiger partial charge is 0.255 e. The number of nitrogens with one attached hydrogen (secondary N) is 2. The lowest BCUT2D eigenvalue weighted by Crippen LogP contribution is -2.39. The third-order valence-electron chi connectivity index (χ3n) is 3.24. The summed E-state index contributed by atoms with van der Waals surface area (Å²) in [6.45, 7) is 0. The van der Waals surface area contributed by atoms with Crippen molar-refractivity contribution in [1.82, 2.24) is 10.6 Å². The lowest BCUT2D eigenvalue weighted by atomic mass is 10.0. The second kappa shape index (κ2) is 7.12. The van der Waals surface area contributed by atoms with Gasteiger partial charge in [0.15, 0.2) is 11.6 Å². The molecule has 0 aromatic heterocycles. The monoisotopic (exact) mass is 340 g/mol. The lowest BCUT2D eigenvalue weighted by molar-refractivity contribution is -0.122. The Morgan fingerprint density at radius 1 is 0.917 bits per heavy atom. The Hall–Kier alpha value is -2.90. The normalized spacial score (nSPS) is 11.7. The first-order chi connectivity index (χ1) is 11.3. The van der Waals surface area contributed by atoms with Crippen molar-refractivity contribution in [1.29, 1.82) is 0 Å². The third kappa shape index (κ3) is 3.70. The van der Waals surface area contributed by atoms with Gasteiger partial charge < -0.3 is 10.6 Å². The van der Waals surface area contributed by atoms with Gasteiger partial charge in [0.25, 0.3) is 5.91 Å². The minimum absolute atomic E-state index is 0.0379. The Balaban J connectivity index is 2.33. The number of likely N-dealkylation sites (N-methyl/N-ethyl adjacent to an activating group) is 1. The van der Waals surface area contributed by atoms with Crippen molar-refractivity contribution in [3.63, 3.8) is 0 Å². The number of rotatable bonds is 4. The molecule has 0 fully saturated rings. The number of halogens is 4. The molecule has 0 saturated heterocycles. The summed E-state index contributed by atoms with van der Waals surface area (Å²) >= 11 is 0. The molecule has 2 amide bonds. The average Bonchev–Trinajstić information content (AvgIpc) is 2.54. The Labute approximate surface area is 134 Å². The topological polar surface area (TPSA) is 58.2 Å². The number of hydrogen-bond donors (Lipinski definition) is 2. The third-order valence-corrected chi connectivity index (χ3v) is 3.24. The molecule has 2 rings (SSSR count). The van der Waals surface area contributed by atoms with Gasteiger partial charge in [-0.1, -0.05) is 6.07 Å². The minimum atomic E-state index is -1.39. The van der Waals surface area contributed by atoms with E-state index in [2.05, 4.69) is 10.6 Å². The van der Waals surface area contributed by atoms with Crippen LogP contribution in [0.4, 0.5) is 17.6 Å². The molecule has 2 N–H and O–H groups in total. The maximum atomic E-state index is 13.6. The first kappa shape index (κ1) is 17.5.